The number of fused-ring (bicyclic) bond motifs is 1. The Hall–Kier alpha value is -2.38. The number of hydrogen-bond donors (Lipinski definition) is 3. The molecule has 1 aromatic heterocycles. The zero-order valence-electron chi connectivity index (χ0n) is 14.5. The largest absolute Gasteiger partial charge is 0.455 e. The highest BCUT2D eigenvalue weighted by atomic mass is 35.5. The Morgan fingerprint density at radius 3 is 2.85 bits per heavy atom. The van der Waals surface area contributed by atoms with Gasteiger partial charge in [-0.15, -0.1) is 0 Å². The van der Waals surface area contributed by atoms with Crippen molar-refractivity contribution >= 4 is 46.2 Å². The second-order valence-electron chi connectivity index (χ2n) is 6.16. The Balaban J connectivity index is 1.92. The van der Waals surface area contributed by atoms with Crippen LogP contribution in [0, 0.1) is 13.8 Å². The number of rotatable bonds is 3. The summed E-state index contributed by atoms with van der Waals surface area (Å²) in [5.74, 6) is 0.716. The number of anilines is 1. The van der Waals surface area contributed by atoms with Crippen LogP contribution in [-0.4, -0.2) is 16.7 Å². The average Bonchev–Trinajstić information content (AvgIpc) is 2.94. The molecule has 136 valence electrons. The number of hydrazone groups is 1. The van der Waals surface area contributed by atoms with Crippen molar-refractivity contribution in [3.05, 3.63) is 51.4 Å². The summed E-state index contributed by atoms with van der Waals surface area (Å²) >= 11 is 10.8. The van der Waals surface area contributed by atoms with Crippen molar-refractivity contribution in [3.8, 4) is 0 Å². The monoisotopic (exact) mass is 390 g/mol. The molecule has 6 nitrogen and oxygen atoms in total. The van der Waals surface area contributed by atoms with Gasteiger partial charge >= 0.3 is 0 Å². The first-order valence-electron chi connectivity index (χ1n) is 8.19. The molecule has 0 aliphatic heterocycles. The van der Waals surface area contributed by atoms with Gasteiger partial charge in [0.25, 0.3) is 5.91 Å². The van der Waals surface area contributed by atoms with Gasteiger partial charge in [-0.25, -0.2) is 0 Å². The lowest BCUT2D eigenvalue weighted by Gasteiger charge is -2.13. The van der Waals surface area contributed by atoms with Gasteiger partial charge in [0.15, 0.2) is 10.9 Å². The third-order valence-electron chi connectivity index (χ3n) is 4.28. The van der Waals surface area contributed by atoms with Gasteiger partial charge in [0, 0.05) is 28.3 Å². The Labute approximate surface area is 161 Å². The normalized spacial score (nSPS) is 14.8. The fraction of sp³-hybridized carbons (Fsp3) is 0.278. The number of carbonyl (C=O) groups is 1. The summed E-state index contributed by atoms with van der Waals surface area (Å²) in [7, 11) is 0. The van der Waals surface area contributed by atoms with Crippen molar-refractivity contribution in [1.82, 2.24) is 5.43 Å². The Bertz CT molecular complexity index is 920. The smallest absolute Gasteiger partial charge is 0.291 e. The third kappa shape index (κ3) is 3.73. The van der Waals surface area contributed by atoms with Crippen LogP contribution in [0.3, 0.4) is 0 Å². The number of carbonyl (C=O) groups excluding carboxylic acids is 1. The maximum atomic E-state index is 12.7. The summed E-state index contributed by atoms with van der Waals surface area (Å²) in [4.78, 5) is 12.7. The lowest BCUT2D eigenvalue weighted by Crippen LogP contribution is -2.26. The molecule has 0 saturated heterocycles. The number of nitrogens with zero attached hydrogens (tertiary/aromatic N) is 1. The third-order valence-corrected chi connectivity index (χ3v) is 4.61. The lowest BCUT2D eigenvalue weighted by atomic mass is 9.93. The van der Waals surface area contributed by atoms with Gasteiger partial charge in [-0.3, -0.25) is 10.2 Å². The summed E-state index contributed by atoms with van der Waals surface area (Å²) in [6, 6.07) is 5.34. The Kier molecular flexibility index (Phi) is 5.29. The number of furan rings is 1. The first kappa shape index (κ1) is 18.4. The molecule has 0 saturated carbocycles. The van der Waals surface area contributed by atoms with Crippen molar-refractivity contribution in [2.75, 3.05) is 5.32 Å². The predicted octanol–water partition coefficient (Wildman–Crippen LogP) is 3.68. The number of nitrogens with one attached hydrogen (secondary N) is 2. The number of halogens is 1. The molecule has 8 heteroatoms. The van der Waals surface area contributed by atoms with Crippen LogP contribution in [0.1, 0.15) is 45.8 Å². The SMILES string of the molecule is Cc1ccc(Cl)cc1NC(=O)c1oc2c(c1C)/C(=N/NC(N)=S)CCC2. The molecule has 4 N–H and O–H groups in total. The molecular weight excluding hydrogens is 372 g/mol. The van der Waals surface area contributed by atoms with Crippen LogP contribution in [0.2, 0.25) is 5.02 Å². The summed E-state index contributed by atoms with van der Waals surface area (Å²) < 4.78 is 5.86. The first-order chi connectivity index (χ1) is 12.4. The second kappa shape index (κ2) is 7.47. The van der Waals surface area contributed by atoms with Gasteiger partial charge in [0.05, 0.1) is 5.71 Å². The van der Waals surface area contributed by atoms with Gasteiger partial charge in [-0.05, 0) is 56.6 Å². The predicted molar refractivity (Wildman–Crippen MR) is 107 cm³/mol. The molecule has 1 aliphatic rings. The van der Waals surface area contributed by atoms with Crippen LogP contribution in [0.15, 0.2) is 27.7 Å². The molecule has 0 atom stereocenters. The van der Waals surface area contributed by atoms with Crippen molar-refractivity contribution in [2.45, 2.75) is 33.1 Å². The molecule has 1 aromatic carbocycles. The second-order valence-corrected chi connectivity index (χ2v) is 7.03. The molecule has 1 heterocycles. The van der Waals surface area contributed by atoms with E-state index in [0.29, 0.717) is 10.7 Å². The maximum Gasteiger partial charge on any atom is 0.291 e. The zero-order valence-corrected chi connectivity index (χ0v) is 16.1. The summed E-state index contributed by atoms with van der Waals surface area (Å²) in [5, 5.41) is 7.78. The van der Waals surface area contributed by atoms with E-state index in [0.717, 1.165) is 47.4 Å². The van der Waals surface area contributed by atoms with Crippen molar-refractivity contribution < 1.29 is 9.21 Å². The fourth-order valence-corrected chi connectivity index (χ4v) is 3.24. The van der Waals surface area contributed by atoms with Crippen molar-refractivity contribution in [1.29, 1.82) is 0 Å². The minimum atomic E-state index is -0.316. The minimum absolute atomic E-state index is 0.0974. The Morgan fingerprint density at radius 1 is 1.35 bits per heavy atom. The molecule has 0 spiro atoms. The van der Waals surface area contributed by atoms with Crippen LogP contribution in [0.25, 0.3) is 0 Å². The van der Waals surface area contributed by atoms with E-state index < -0.39 is 0 Å². The van der Waals surface area contributed by atoms with Crippen molar-refractivity contribution in [3.63, 3.8) is 0 Å². The van der Waals surface area contributed by atoms with Crippen molar-refractivity contribution in [2.24, 2.45) is 10.8 Å². The zero-order chi connectivity index (χ0) is 18.8. The minimum Gasteiger partial charge on any atom is -0.455 e. The molecular formula is C18H19ClN4O2S. The van der Waals surface area contributed by atoms with E-state index in [1.54, 1.807) is 12.1 Å². The quantitative estimate of drug-likeness (QED) is 0.549. The van der Waals surface area contributed by atoms with E-state index >= 15 is 0 Å². The number of thiocarbonyl (C=S) groups is 1. The number of benzene rings is 1. The van der Waals surface area contributed by atoms with Gasteiger partial charge in [-0.1, -0.05) is 17.7 Å². The van der Waals surface area contributed by atoms with E-state index in [-0.39, 0.29) is 16.8 Å². The standard InChI is InChI=1S/C18H19ClN4O2S/c1-9-6-7-11(19)8-13(9)21-17(24)16-10(2)15-12(22-23-18(20)26)4-3-5-14(15)25-16/h6-8H,3-5H2,1-2H3,(H,21,24)(H3,20,23,26)/b22-12+. The lowest BCUT2D eigenvalue weighted by molar-refractivity contribution is 0.0994. The number of amides is 1. The van der Waals surface area contributed by atoms with Crippen LogP contribution < -0.4 is 16.5 Å². The highest BCUT2D eigenvalue weighted by molar-refractivity contribution is 7.80. The van der Waals surface area contributed by atoms with Gasteiger partial charge in [0.1, 0.15) is 5.76 Å². The van der Waals surface area contributed by atoms with Gasteiger partial charge < -0.3 is 15.5 Å². The molecule has 1 aliphatic carbocycles. The maximum absolute atomic E-state index is 12.7. The molecule has 0 fully saturated rings. The summed E-state index contributed by atoms with van der Waals surface area (Å²) in [5.41, 5.74) is 12.0. The average molecular weight is 391 g/mol. The molecule has 0 radical (unpaired) electrons. The van der Waals surface area contributed by atoms with E-state index in [1.165, 1.54) is 0 Å². The molecule has 2 aromatic rings. The summed E-state index contributed by atoms with van der Waals surface area (Å²) in [6.07, 6.45) is 2.40. The van der Waals surface area contributed by atoms with Gasteiger partial charge in [0.2, 0.25) is 0 Å². The van der Waals surface area contributed by atoms with E-state index in [2.05, 4.69) is 15.8 Å². The van der Waals surface area contributed by atoms with Crippen LogP contribution >= 0.6 is 23.8 Å². The molecule has 0 bridgehead atoms. The first-order valence-corrected chi connectivity index (χ1v) is 8.97. The van der Waals surface area contributed by atoms with E-state index in [9.17, 15) is 4.79 Å². The van der Waals surface area contributed by atoms with Crippen LogP contribution in [0.4, 0.5) is 5.69 Å². The molecule has 1 amide bonds. The van der Waals surface area contributed by atoms with Gasteiger partial charge in [-0.2, -0.15) is 5.10 Å². The van der Waals surface area contributed by atoms with Crippen LogP contribution in [-0.2, 0) is 6.42 Å². The summed E-state index contributed by atoms with van der Waals surface area (Å²) in [6.45, 7) is 3.75. The molecule has 0 unspecified atom stereocenters. The number of nitrogens with two attached hydrogens (primary N) is 1. The van der Waals surface area contributed by atoms with Crippen LogP contribution in [0.5, 0.6) is 0 Å². The number of aryl methyl sites for hydroxylation is 2. The molecule has 3 rings (SSSR count). The highest BCUT2D eigenvalue weighted by Gasteiger charge is 2.28. The van der Waals surface area contributed by atoms with E-state index in [4.69, 9.17) is 34.0 Å². The fourth-order valence-electron chi connectivity index (χ4n) is 3.03. The van der Waals surface area contributed by atoms with E-state index in [1.807, 2.05) is 19.9 Å². The molecule has 26 heavy (non-hydrogen) atoms. The topological polar surface area (TPSA) is 92.6 Å². The Morgan fingerprint density at radius 2 is 2.12 bits per heavy atom. The number of hydrogen-bond acceptors (Lipinski definition) is 4. The highest BCUT2D eigenvalue weighted by Crippen LogP contribution is 2.30.